The molecule has 0 fully saturated rings. The summed E-state index contributed by atoms with van der Waals surface area (Å²) in [7, 11) is -1.32. The predicted octanol–water partition coefficient (Wildman–Crippen LogP) is 3.53. The molecule has 0 N–H and O–H groups in total. The van der Waals surface area contributed by atoms with Crippen LogP contribution >= 0.6 is 11.6 Å². The molecule has 3 nitrogen and oxygen atoms in total. The fourth-order valence-electron chi connectivity index (χ4n) is 1.62. The van der Waals surface area contributed by atoms with Crippen LogP contribution in [0.15, 0.2) is 22.6 Å². The Kier molecular flexibility index (Phi) is 4.37. The van der Waals surface area contributed by atoms with Gasteiger partial charge in [-0.3, -0.25) is 4.21 Å². The Labute approximate surface area is 118 Å². The van der Waals surface area contributed by atoms with Gasteiger partial charge in [0.1, 0.15) is 17.3 Å². The van der Waals surface area contributed by atoms with Gasteiger partial charge in [-0.25, -0.2) is 9.37 Å². The van der Waals surface area contributed by atoms with E-state index in [1.807, 2.05) is 6.92 Å². The van der Waals surface area contributed by atoms with Gasteiger partial charge in [0.05, 0.1) is 11.4 Å². The number of rotatable bonds is 4. The van der Waals surface area contributed by atoms with E-state index in [2.05, 4.69) is 4.98 Å². The number of nitrogens with zero attached hydrogens (tertiary/aromatic N) is 1. The Hall–Kier alpha value is -1.20. The molecule has 6 heteroatoms. The lowest BCUT2D eigenvalue weighted by Gasteiger charge is -2.04. The van der Waals surface area contributed by atoms with E-state index >= 15 is 0 Å². The lowest BCUT2D eigenvalue weighted by atomic mass is 10.2. The summed E-state index contributed by atoms with van der Waals surface area (Å²) in [4.78, 5) is 4.15. The van der Waals surface area contributed by atoms with E-state index in [1.54, 1.807) is 13.0 Å². The summed E-state index contributed by atoms with van der Waals surface area (Å²) in [5.41, 5.74) is 1.04. The molecule has 102 valence electrons. The van der Waals surface area contributed by atoms with Crippen LogP contribution in [-0.4, -0.2) is 9.19 Å². The molecule has 0 radical (unpaired) electrons. The quantitative estimate of drug-likeness (QED) is 0.867. The number of aromatic nitrogens is 1. The smallest absolute Gasteiger partial charge is 0.207 e. The summed E-state index contributed by atoms with van der Waals surface area (Å²) in [5, 5.41) is 0.285. The first kappa shape index (κ1) is 14.2. The Morgan fingerprint density at radius 2 is 2.11 bits per heavy atom. The van der Waals surface area contributed by atoms with Crippen molar-refractivity contribution in [2.75, 3.05) is 0 Å². The van der Waals surface area contributed by atoms with Gasteiger partial charge in [0.2, 0.25) is 5.89 Å². The predicted molar refractivity (Wildman–Crippen MR) is 72.9 cm³/mol. The third kappa shape index (κ3) is 3.42. The molecule has 0 saturated heterocycles. The molecule has 1 aromatic heterocycles. The summed E-state index contributed by atoms with van der Waals surface area (Å²) in [6.45, 7) is 3.61. The molecule has 0 aliphatic heterocycles. The third-order valence-corrected chi connectivity index (χ3v) is 4.26. The van der Waals surface area contributed by atoms with Crippen molar-refractivity contribution >= 4 is 22.4 Å². The third-order valence-electron chi connectivity index (χ3n) is 2.72. The molecule has 1 atom stereocenters. The maximum atomic E-state index is 13.6. The maximum absolute atomic E-state index is 13.6. The van der Waals surface area contributed by atoms with Gasteiger partial charge in [-0.05, 0) is 26.0 Å². The van der Waals surface area contributed by atoms with E-state index < -0.39 is 16.6 Å². The van der Waals surface area contributed by atoms with Gasteiger partial charge in [0.15, 0.2) is 0 Å². The highest BCUT2D eigenvalue weighted by Crippen LogP contribution is 2.21. The molecule has 0 bridgehead atoms. The van der Waals surface area contributed by atoms with Gasteiger partial charge in [-0.2, -0.15) is 0 Å². The van der Waals surface area contributed by atoms with E-state index in [0.717, 1.165) is 5.69 Å². The average molecular weight is 302 g/mol. The summed E-state index contributed by atoms with van der Waals surface area (Å²) < 4.78 is 30.9. The number of aryl methyl sites for hydroxylation is 2. The van der Waals surface area contributed by atoms with Crippen LogP contribution in [0.5, 0.6) is 0 Å². The van der Waals surface area contributed by atoms with Gasteiger partial charge < -0.3 is 4.42 Å². The molecular formula is C13H13ClFNO2S. The number of hydrogen-bond donors (Lipinski definition) is 0. The van der Waals surface area contributed by atoms with Crippen molar-refractivity contribution in [1.82, 2.24) is 4.98 Å². The highest BCUT2D eigenvalue weighted by atomic mass is 35.5. The number of benzene rings is 1. The standard InChI is InChI=1S/C13H13ClFNO2S/c1-8-9(2)18-13(16-8)7-19(17)6-10-11(14)4-3-5-12(10)15/h3-5H,6-7H2,1-2H3. The molecule has 1 aromatic carbocycles. The zero-order valence-corrected chi connectivity index (χ0v) is 12.1. The minimum absolute atomic E-state index is 0.0476. The van der Waals surface area contributed by atoms with E-state index in [1.165, 1.54) is 12.1 Å². The number of oxazole rings is 1. The van der Waals surface area contributed by atoms with Crippen molar-refractivity contribution in [2.24, 2.45) is 0 Å². The molecule has 0 saturated carbocycles. The molecule has 0 aliphatic carbocycles. The second kappa shape index (κ2) is 5.84. The van der Waals surface area contributed by atoms with Crippen molar-refractivity contribution in [1.29, 1.82) is 0 Å². The lowest BCUT2D eigenvalue weighted by molar-refractivity contribution is 0.487. The van der Waals surface area contributed by atoms with Crippen LogP contribution in [-0.2, 0) is 22.3 Å². The summed E-state index contributed by atoms with van der Waals surface area (Å²) in [5.74, 6) is 0.864. The van der Waals surface area contributed by atoms with Gasteiger partial charge in [0.25, 0.3) is 0 Å². The molecule has 19 heavy (non-hydrogen) atoms. The molecule has 1 unspecified atom stereocenters. The van der Waals surface area contributed by atoms with Gasteiger partial charge in [-0.1, -0.05) is 17.7 Å². The highest BCUT2D eigenvalue weighted by molar-refractivity contribution is 7.83. The summed E-state index contributed by atoms with van der Waals surface area (Å²) in [6, 6.07) is 4.40. The zero-order valence-electron chi connectivity index (χ0n) is 10.6. The van der Waals surface area contributed by atoms with Gasteiger partial charge >= 0.3 is 0 Å². The minimum atomic E-state index is -1.32. The molecule has 0 spiro atoms. The van der Waals surface area contributed by atoms with Crippen LogP contribution < -0.4 is 0 Å². The van der Waals surface area contributed by atoms with Crippen LogP contribution in [0.2, 0.25) is 5.02 Å². The molecule has 2 rings (SSSR count). The van der Waals surface area contributed by atoms with Crippen LogP contribution in [0.3, 0.4) is 0 Å². The monoisotopic (exact) mass is 301 g/mol. The largest absolute Gasteiger partial charge is 0.445 e. The Bertz CT molecular complexity index is 587. The average Bonchev–Trinajstić information content (AvgIpc) is 2.63. The zero-order chi connectivity index (χ0) is 14.0. The minimum Gasteiger partial charge on any atom is -0.445 e. The van der Waals surface area contributed by atoms with Crippen LogP contribution in [0.4, 0.5) is 4.39 Å². The fraction of sp³-hybridized carbons (Fsp3) is 0.308. The van der Waals surface area contributed by atoms with E-state index in [0.29, 0.717) is 11.7 Å². The first-order valence-corrected chi connectivity index (χ1v) is 7.54. The Morgan fingerprint density at radius 3 is 2.68 bits per heavy atom. The summed E-state index contributed by atoms with van der Waals surface area (Å²) in [6.07, 6.45) is 0. The number of halogens is 2. The van der Waals surface area contributed by atoms with Crippen LogP contribution in [0, 0.1) is 19.7 Å². The Balaban J connectivity index is 2.09. The van der Waals surface area contributed by atoms with Crippen molar-refractivity contribution in [3.63, 3.8) is 0 Å². The van der Waals surface area contributed by atoms with Crippen LogP contribution in [0.1, 0.15) is 22.9 Å². The molecule has 2 aromatic rings. The second-order valence-corrected chi connectivity index (χ2v) is 6.04. The van der Waals surface area contributed by atoms with Crippen molar-refractivity contribution in [3.05, 3.63) is 51.9 Å². The molecule has 0 amide bonds. The molecular weight excluding hydrogens is 289 g/mol. The number of hydrogen-bond acceptors (Lipinski definition) is 3. The van der Waals surface area contributed by atoms with Crippen LogP contribution in [0.25, 0.3) is 0 Å². The van der Waals surface area contributed by atoms with Crippen molar-refractivity contribution in [3.8, 4) is 0 Å². The first-order chi connectivity index (χ1) is 8.97. The van der Waals surface area contributed by atoms with E-state index in [-0.39, 0.29) is 22.1 Å². The Morgan fingerprint density at radius 1 is 1.37 bits per heavy atom. The fourth-order valence-corrected chi connectivity index (χ4v) is 3.05. The SMILES string of the molecule is Cc1nc(CS(=O)Cc2c(F)cccc2Cl)oc1C. The lowest BCUT2D eigenvalue weighted by Crippen LogP contribution is -2.02. The molecule has 0 aliphatic rings. The highest BCUT2D eigenvalue weighted by Gasteiger charge is 2.14. The van der Waals surface area contributed by atoms with Gasteiger partial charge in [0, 0.05) is 21.4 Å². The molecule has 1 heterocycles. The topological polar surface area (TPSA) is 43.1 Å². The maximum Gasteiger partial charge on any atom is 0.207 e. The summed E-state index contributed by atoms with van der Waals surface area (Å²) >= 11 is 5.89. The normalized spacial score (nSPS) is 12.6. The van der Waals surface area contributed by atoms with Gasteiger partial charge in [-0.15, -0.1) is 0 Å². The van der Waals surface area contributed by atoms with Crippen molar-refractivity contribution in [2.45, 2.75) is 25.4 Å². The van der Waals surface area contributed by atoms with E-state index in [9.17, 15) is 8.60 Å². The first-order valence-electron chi connectivity index (χ1n) is 5.68. The van der Waals surface area contributed by atoms with E-state index in [4.69, 9.17) is 16.0 Å². The second-order valence-electron chi connectivity index (χ2n) is 4.18. The van der Waals surface area contributed by atoms with Crippen molar-refractivity contribution < 1.29 is 13.0 Å².